The van der Waals surface area contributed by atoms with Crippen LogP contribution in [0.4, 0.5) is 0 Å². The summed E-state index contributed by atoms with van der Waals surface area (Å²) in [6, 6.07) is 54.6. The number of benzene rings is 10. The molecule has 0 aliphatic heterocycles. The van der Waals surface area contributed by atoms with E-state index in [1.54, 1.807) is 91.0 Å². The Morgan fingerprint density at radius 2 is 0.275 bits per heavy atom. The van der Waals surface area contributed by atoms with Crippen LogP contribution in [0.25, 0.3) is 53.9 Å². The molecule has 21 heteroatoms. The van der Waals surface area contributed by atoms with Gasteiger partial charge in [0.15, 0.2) is 0 Å². The maximum atomic E-state index is 11.8. The van der Waals surface area contributed by atoms with E-state index >= 15 is 0 Å². The molecule has 0 aliphatic carbocycles. The molecule has 0 unspecified atom stereocenters. The monoisotopic (exact) mass is 1930 g/mol. The molecule has 10 aromatic carbocycles. The molecular formula is C110H155O15S5V-5. The van der Waals surface area contributed by atoms with Gasteiger partial charge in [-0.25, -0.2) is 42.1 Å². The normalized spacial score (nSPS) is 11.8. The smallest absolute Gasteiger partial charge is 0.125 e. The van der Waals surface area contributed by atoms with Gasteiger partial charge in [0, 0.05) is 18.6 Å². The molecule has 15 nitrogen and oxygen atoms in total. The first-order valence-corrected chi connectivity index (χ1v) is 57.1. The Morgan fingerprint density at radius 3 is 0.397 bits per heavy atom. The van der Waals surface area contributed by atoms with Gasteiger partial charge in [-0.3, -0.25) is 0 Å². The van der Waals surface area contributed by atoms with Crippen LogP contribution in [0.2, 0.25) is 0 Å². The standard InChI is InChI=1S/5C22H32O3S.V/c5*1-2-3-4-5-6-7-8-9-10-11-15-20-18-17-19-14-12-13-16-21(19)22(20)26(23,24)25;/h5*12-14,16-18H,2-11,15H2,1H3,(H,23,24,25);/p-5. The van der Waals surface area contributed by atoms with E-state index in [9.17, 15) is 64.9 Å². The summed E-state index contributed by atoms with van der Waals surface area (Å²) in [5, 5.41) is 6.74. The van der Waals surface area contributed by atoms with Crippen molar-refractivity contribution in [3.63, 3.8) is 0 Å². The molecule has 0 saturated heterocycles. The fourth-order valence-corrected chi connectivity index (χ4v) is 22.6. The van der Waals surface area contributed by atoms with Crippen LogP contribution in [0.15, 0.2) is 206 Å². The zero-order chi connectivity index (χ0) is 94.2. The van der Waals surface area contributed by atoms with Crippen molar-refractivity contribution >= 4 is 104 Å². The van der Waals surface area contributed by atoms with Crippen molar-refractivity contribution < 1.29 is 83.4 Å². The largest absolute Gasteiger partial charge is 0.744 e. The van der Waals surface area contributed by atoms with Gasteiger partial charge in [-0.1, -0.05) is 506 Å². The number of unbranched alkanes of at least 4 members (excludes halogenated alkanes) is 45. The van der Waals surface area contributed by atoms with E-state index < -0.39 is 50.6 Å². The van der Waals surface area contributed by atoms with Crippen LogP contribution in [0.5, 0.6) is 0 Å². The minimum absolute atomic E-state index is 0. The molecule has 10 rings (SSSR count). The fraction of sp³-hybridized carbons (Fsp3) is 0.545. The van der Waals surface area contributed by atoms with Gasteiger partial charge in [0.25, 0.3) is 0 Å². The SMILES string of the molecule is CCCCCCCCCCCCc1ccc2ccccc2c1S(=O)(=O)[O-].CCCCCCCCCCCCc1ccc2ccccc2c1S(=O)(=O)[O-].CCCCCCCCCCCCc1ccc2ccccc2c1S(=O)(=O)[O-].CCCCCCCCCCCCc1ccc2ccccc2c1S(=O)(=O)[O-].CCCCCCCCCCCCc1ccc2ccccc2c1S(=O)(=O)[O-].[V]. The number of hydrogen-bond donors (Lipinski definition) is 0. The molecule has 0 bridgehead atoms. The summed E-state index contributed by atoms with van der Waals surface area (Å²) in [7, 11) is -22.4. The van der Waals surface area contributed by atoms with Gasteiger partial charge >= 0.3 is 0 Å². The Labute approximate surface area is 803 Å². The summed E-state index contributed by atoms with van der Waals surface area (Å²) in [6.45, 7) is 11.2. The maximum absolute atomic E-state index is 11.8. The Bertz CT molecular complexity index is 4700. The molecule has 0 spiro atoms. The zero-order valence-corrected chi connectivity index (χ0v) is 85.3. The van der Waals surface area contributed by atoms with Crippen molar-refractivity contribution in [2.75, 3.05) is 0 Å². The van der Waals surface area contributed by atoms with Crippen LogP contribution in [0.3, 0.4) is 0 Å². The van der Waals surface area contributed by atoms with Crippen LogP contribution < -0.4 is 0 Å². The predicted molar refractivity (Wildman–Crippen MR) is 537 cm³/mol. The van der Waals surface area contributed by atoms with E-state index in [0.29, 0.717) is 86.9 Å². The van der Waals surface area contributed by atoms with Gasteiger partial charge in [-0.2, -0.15) is 0 Å². The molecule has 0 aliphatic rings. The number of fused-ring (bicyclic) bond motifs is 5. The number of rotatable bonds is 60. The summed E-state index contributed by atoms with van der Waals surface area (Å²) in [4.78, 5) is -0.109. The molecule has 0 saturated carbocycles. The number of aryl methyl sites for hydroxylation is 5. The molecule has 0 fully saturated rings. The molecule has 0 N–H and O–H groups in total. The van der Waals surface area contributed by atoms with Gasteiger partial charge in [0.2, 0.25) is 0 Å². The average Bonchev–Trinajstić information content (AvgIpc) is 0.805. The number of hydrogen-bond acceptors (Lipinski definition) is 15. The molecule has 0 aromatic heterocycles. The quantitative estimate of drug-likeness (QED) is 0.0253. The van der Waals surface area contributed by atoms with E-state index in [-0.39, 0.29) is 43.0 Å². The Morgan fingerprint density at radius 1 is 0.160 bits per heavy atom. The Hall–Kier alpha value is -6.37. The molecule has 10 aromatic rings. The summed E-state index contributed by atoms with van der Waals surface area (Å²) >= 11 is 0. The minimum Gasteiger partial charge on any atom is -0.744 e. The van der Waals surface area contributed by atoms with Crippen LogP contribution in [0.1, 0.15) is 383 Å². The van der Waals surface area contributed by atoms with Crippen molar-refractivity contribution in [1.82, 2.24) is 0 Å². The molecule has 0 atom stereocenters. The van der Waals surface area contributed by atoms with Crippen LogP contribution in [0, 0.1) is 0 Å². The van der Waals surface area contributed by atoms with Crippen LogP contribution in [-0.2, 0) is 101 Å². The van der Waals surface area contributed by atoms with E-state index in [2.05, 4.69) is 34.6 Å². The molecule has 131 heavy (non-hydrogen) atoms. The summed E-state index contributed by atoms with van der Waals surface area (Å²) in [6.07, 6.45) is 65.2. The molecule has 1 radical (unpaired) electrons. The maximum Gasteiger partial charge on any atom is 0.125 e. The first-order chi connectivity index (χ1) is 62.7. The molecule has 725 valence electrons. The van der Waals surface area contributed by atoms with Crippen molar-refractivity contribution in [3.8, 4) is 0 Å². The second-order valence-electron chi connectivity index (χ2n) is 35.8. The van der Waals surface area contributed by atoms with Gasteiger partial charge in [-0.05, 0) is 146 Å². The third-order valence-electron chi connectivity index (χ3n) is 25.1. The Balaban J connectivity index is 0.000000289. The first kappa shape index (κ1) is 115. The average molecular weight is 1930 g/mol. The summed E-state index contributed by atoms with van der Waals surface area (Å²) in [5.74, 6) is 0. The third kappa shape index (κ3) is 44.1. The van der Waals surface area contributed by atoms with Crippen LogP contribution in [-0.4, -0.2) is 64.9 Å². The van der Waals surface area contributed by atoms with E-state index in [0.717, 1.165) is 91.1 Å². The van der Waals surface area contributed by atoms with Crippen molar-refractivity contribution in [2.24, 2.45) is 0 Å². The first-order valence-electron chi connectivity index (χ1n) is 50.0. The van der Waals surface area contributed by atoms with Gasteiger partial charge in [0.1, 0.15) is 50.6 Å². The zero-order valence-electron chi connectivity index (χ0n) is 79.8. The van der Waals surface area contributed by atoms with Crippen molar-refractivity contribution in [3.05, 3.63) is 210 Å². The minimum atomic E-state index is -4.47. The summed E-state index contributed by atoms with van der Waals surface area (Å²) < 4.78 is 177. The molecule has 0 amide bonds. The molecular weight excluding hydrogens is 1770 g/mol. The third-order valence-corrected chi connectivity index (χ3v) is 30.0. The van der Waals surface area contributed by atoms with Gasteiger partial charge < -0.3 is 22.8 Å². The predicted octanol–water partition coefficient (Wildman–Crippen LogP) is 31.0. The van der Waals surface area contributed by atoms with Crippen molar-refractivity contribution in [1.29, 1.82) is 0 Å². The van der Waals surface area contributed by atoms with Crippen LogP contribution >= 0.6 is 0 Å². The van der Waals surface area contributed by atoms with E-state index in [1.165, 1.54) is 257 Å². The Kier molecular flexibility index (Phi) is 57.5. The fourth-order valence-electron chi connectivity index (χ4n) is 17.9. The van der Waals surface area contributed by atoms with Crippen molar-refractivity contribution in [2.45, 2.75) is 412 Å². The topological polar surface area (TPSA) is 286 Å². The second-order valence-corrected chi connectivity index (χ2v) is 42.4. The van der Waals surface area contributed by atoms with E-state index in [4.69, 9.17) is 0 Å². The van der Waals surface area contributed by atoms with Gasteiger partial charge in [-0.15, -0.1) is 0 Å². The molecule has 0 heterocycles. The van der Waals surface area contributed by atoms with E-state index in [1.807, 2.05) is 91.0 Å². The van der Waals surface area contributed by atoms with Gasteiger partial charge in [0.05, 0.1) is 24.5 Å². The second kappa shape index (κ2) is 65.4. The summed E-state index contributed by atoms with van der Waals surface area (Å²) in [5.41, 5.74) is 3.33.